The number of aldehydes is 1. The van der Waals surface area contributed by atoms with Crippen LogP contribution in [0.25, 0.3) is 6.08 Å². The molecule has 0 aliphatic heterocycles. The van der Waals surface area contributed by atoms with Crippen LogP contribution < -0.4 is 0 Å². The van der Waals surface area contributed by atoms with Crippen LogP contribution in [0.15, 0.2) is 16.8 Å². The molecule has 3 nitrogen and oxygen atoms in total. The predicted octanol–water partition coefficient (Wildman–Crippen LogP) is 1.66. The molecular weight excluding hydrogens is 176 g/mol. The highest BCUT2D eigenvalue weighted by atomic mass is 32.1. The summed E-state index contributed by atoms with van der Waals surface area (Å²) in [5.74, 6) is -1.02. The van der Waals surface area contributed by atoms with Gasteiger partial charge in [0.25, 0.3) is 0 Å². The van der Waals surface area contributed by atoms with Gasteiger partial charge in [0.1, 0.15) is 0 Å². The summed E-state index contributed by atoms with van der Waals surface area (Å²) in [6.45, 7) is 0. The number of carbonyl (C=O) groups is 2. The van der Waals surface area contributed by atoms with Crippen molar-refractivity contribution in [1.82, 2.24) is 0 Å². The van der Waals surface area contributed by atoms with Crippen LogP contribution in [-0.4, -0.2) is 17.4 Å². The third-order valence-corrected chi connectivity index (χ3v) is 2.04. The van der Waals surface area contributed by atoms with Crippen molar-refractivity contribution in [1.29, 1.82) is 0 Å². The summed E-state index contributed by atoms with van der Waals surface area (Å²) in [5, 5.41) is 11.7. The maximum Gasteiger partial charge on any atom is 0.328 e. The third-order valence-electron chi connectivity index (χ3n) is 1.26. The summed E-state index contributed by atoms with van der Waals surface area (Å²) in [5.41, 5.74) is 1.18. The Morgan fingerprint density at radius 1 is 1.42 bits per heavy atom. The SMILES string of the molecule is O=Cc1cscc1C=CC(=O)O. The van der Waals surface area contributed by atoms with Crippen LogP contribution >= 0.6 is 11.3 Å². The van der Waals surface area contributed by atoms with Gasteiger partial charge >= 0.3 is 5.97 Å². The average molecular weight is 182 g/mol. The molecular formula is C8H6O3S. The Morgan fingerprint density at radius 3 is 2.67 bits per heavy atom. The van der Waals surface area contributed by atoms with Gasteiger partial charge < -0.3 is 5.11 Å². The van der Waals surface area contributed by atoms with Crippen LogP contribution in [0.1, 0.15) is 15.9 Å². The van der Waals surface area contributed by atoms with Crippen molar-refractivity contribution in [2.45, 2.75) is 0 Å². The Bertz CT molecular complexity index is 325. The number of hydrogen-bond acceptors (Lipinski definition) is 3. The second kappa shape index (κ2) is 3.82. The summed E-state index contributed by atoms with van der Waals surface area (Å²) in [4.78, 5) is 20.5. The minimum Gasteiger partial charge on any atom is -0.478 e. The molecule has 0 aromatic carbocycles. The summed E-state index contributed by atoms with van der Waals surface area (Å²) >= 11 is 1.37. The summed E-state index contributed by atoms with van der Waals surface area (Å²) in [7, 11) is 0. The molecule has 0 spiro atoms. The van der Waals surface area contributed by atoms with E-state index in [0.29, 0.717) is 17.4 Å². The van der Waals surface area contributed by atoms with Gasteiger partial charge in [-0.1, -0.05) is 0 Å². The van der Waals surface area contributed by atoms with E-state index in [1.54, 1.807) is 10.8 Å². The standard InChI is InChI=1S/C8H6O3S/c9-3-7-5-12-4-6(7)1-2-8(10)11/h1-5H,(H,10,11). The maximum absolute atomic E-state index is 10.4. The van der Waals surface area contributed by atoms with E-state index in [1.807, 2.05) is 0 Å². The van der Waals surface area contributed by atoms with Gasteiger partial charge in [-0.3, -0.25) is 4.79 Å². The number of carboxylic acid groups (broad SMARTS) is 1. The molecule has 4 heteroatoms. The first-order valence-electron chi connectivity index (χ1n) is 3.16. The Labute approximate surface area is 73.0 Å². The highest BCUT2D eigenvalue weighted by Gasteiger charge is 1.98. The maximum atomic E-state index is 10.4. The van der Waals surface area contributed by atoms with Crippen LogP contribution in [0.4, 0.5) is 0 Å². The molecule has 0 amide bonds. The van der Waals surface area contributed by atoms with Crippen molar-refractivity contribution in [3.05, 3.63) is 28.0 Å². The minimum absolute atomic E-state index is 0.525. The van der Waals surface area contributed by atoms with Crippen molar-refractivity contribution in [2.75, 3.05) is 0 Å². The van der Waals surface area contributed by atoms with E-state index in [9.17, 15) is 9.59 Å². The molecule has 62 valence electrons. The molecule has 0 atom stereocenters. The van der Waals surface area contributed by atoms with Crippen molar-refractivity contribution in [2.24, 2.45) is 0 Å². The highest BCUT2D eigenvalue weighted by Crippen LogP contribution is 2.14. The van der Waals surface area contributed by atoms with Gasteiger partial charge in [-0.15, -0.1) is 0 Å². The fourth-order valence-corrected chi connectivity index (χ4v) is 1.48. The lowest BCUT2D eigenvalue weighted by Crippen LogP contribution is -1.86. The highest BCUT2D eigenvalue weighted by molar-refractivity contribution is 7.08. The van der Waals surface area contributed by atoms with Gasteiger partial charge in [-0.25, -0.2) is 4.79 Å². The van der Waals surface area contributed by atoms with Gasteiger partial charge in [0.05, 0.1) is 0 Å². The van der Waals surface area contributed by atoms with Gasteiger partial charge in [0.15, 0.2) is 6.29 Å². The van der Waals surface area contributed by atoms with Gasteiger partial charge in [0.2, 0.25) is 0 Å². The molecule has 1 aromatic rings. The van der Waals surface area contributed by atoms with E-state index in [2.05, 4.69) is 0 Å². The second-order valence-corrected chi connectivity index (χ2v) is 2.82. The topological polar surface area (TPSA) is 54.4 Å². The molecule has 1 aromatic heterocycles. The lowest BCUT2D eigenvalue weighted by molar-refractivity contribution is -0.131. The molecule has 12 heavy (non-hydrogen) atoms. The number of hydrogen-bond donors (Lipinski definition) is 1. The van der Waals surface area contributed by atoms with Crippen LogP contribution in [0.5, 0.6) is 0 Å². The van der Waals surface area contributed by atoms with E-state index < -0.39 is 5.97 Å². The molecule has 0 aliphatic carbocycles. The van der Waals surface area contributed by atoms with Gasteiger partial charge in [-0.2, -0.15) is 11.3 Å². The zero-order chi connectivity index (χ0) is 8.97. The van der Waals surface area contributed by atoms with Crippen molar-refractivity contribution < 1.29 is 14.7 Å². The number of carboxylic acids is 1. The first-order chi connectivity index (χ1) is 5.74. The Hall–Kier alpha value is -1.42. The quantitative estimate of drug-likeness (QED) is 0.571. The predicted molar refractivity (Wildman–Crippen MR) is 46.4 cm³/mol. The molecule has 1 N–H and O–H groups in total. The Kier molecular flexibility index (Phi) is 2.76. The van der Waals surface area contributed by atoms with Crippen molar-refractivity contribution >= 4 is 29.7 Å². The van der Waals surface area contributed by atoms with Crippen molar-refractivity contribution in [3.63, 3.8) is 0 Å². The monoisotopic (exact) mass is 182 g/mol. The largest absolute Gasteiger partial charge is 0.478 e. The third kappa shape index (κ3) is 2.03. The van der Waals surface area contributed by atoms with Crippen LogP contribution in [0, 0.1) is 0 Å². The molecule has 0 saturated heterocycles. The number of carbonyl (C=O) groups excluding carboxylic acids is 1. The number of aliphatic carboxylic acids is 1. The van der Waals surface area contributed by atoms with E-state index in [4.69, 9.17) is 5.11 Å². The molecule has 0 aliphatic rings. The Balaban J connectivity index is 2.88. The second-order valence-electron chi connectivity index (χ2n) is 2.07. The first kappa shape index (κ1) is 8.67. The van der Waals surface area contributed by atoms with Crippen LogP contribution in [-0.2, 0) is 4.79 Å². The summed E-state index contributed by atoms with van der Waals surface area (Å²) in [6.07, 6.45) is 3.12. The lowest BCUT2D eigenvalue weighted by Gasteiger charge is -1.85. The van der Waals surface area contributed by atoms with E-state index in [-0.39, 0.29) is 0 Å². The average Bonchev–Trinajstić information content (AvgIpc) is 2.47. The lowest BCUT2D eigenvalue weighted by atomic mass is 10.2. The minimum atomic E-state index is -1.02. The van der Waals surface area contributed by atoms with Crippen LogP contribution in [0.3, 0.4) is 0 Å². The van der Waals surface area contributed by atoms with E-state index >= 15 is 0 Å². The number of thiophene rings is 1. The number of rotatable bonds is 3. The molecule has 1 rings (SSSR count). The van der Waals surface area contributed by atoms with E-state index in [1.165, 1.54) is 17.4 Å². The van der Waals surface area contributed by atoms with E-state index in [0.717, 1.165) is 6.08 Å². The fourth-order valence-electron chi connectivity index (χ4n) is 0.709. The fraction of sp³-hybridized carbons (Fsp3) is 0. The first-order valence-corrected chi connectivity index (χ1v) is 4.10. The molecule has 0 unspecified atom stereocenters. The van der Waals surface area contributed by atoms with Gasteiger partial charge in [0, 0.05) is 17.0 Å². The molecule has 1 heterocycles. The molecule has 0 fully saturated rings. The molecule has 0 bridgehead atoms. The van der Waals surface area contributed by atoms with Crippen LogP contribution in [0.2, 0.25) is 0 Å². The zero-order valence-electron chi connectivity index (χ0n) is 6.06. The normalized spacial score (nSPS) is 10.3. The summed E-state index contributed by atoms with van der Waals surface area (Å²) in [6, 6.07) is 0. The van der Waals surface area contributed by atoms with Gasteiger partial charge in [-0.05, 0) is 17.0 Å². The van der Waals surface area contributed by atoms with Crippen molar-refractivity contribution in [3.8, 4) is 0 Å². The Morgan fingerprint density at radius 2 is 2.08 bits per heavy atom. The summed E-state index contributed by atoms with van der Waals surface area (Å²) < 4.78 is 0. The molecule has 0 saturated carbocycles. The zero-order valence-corrected chi connectivity index (χ0v) is 6.88. The molecule has 0 radical (unpaired) electrons. The smallest absolute Gasteiger partial charge is 0.328 e.